The van der Waals surface area contributed by atoms with E-state index >= 15 is 0 Å². The van der Waals surface area contributed by atoms with E-state index in [9.17, 15) is 18.0 Å². The molecule has 0 fully saturated rings. The quantitative estimate of drug-likeness (QED) is 0.275. The first-order chi connectivity index (χ1) is 19.4. The highest BCUT2D eigenvalue weighted by molar-refractivity contribution is 7.92. The largest absolute Gasteiger partial charge is 0.497 e. The Kier molecular flexibility index (Phi) is 11.1. The number of sulfonamides is 1. The van der Waals surface area contributed by atoms with Crippen LogP contribution in [-0.4, -0.2) is 50.9 Å². The van der Waals surface area contributed by atoms with E-state index in [2.05, 4.69) is 5.32 Å². The molecule has 8 nitrogen and oxygen atoms in total. The fourth-order valence-electron chi connectivity index (χ4n) is 4.01. The van der Waals surface area contributed by atoms with Gasteiger partial charge in [0, 0.05) is 18.7 Å². The van der Waals surface area contributed by atoms with Crippen LogP contribution in [0.3, 0.4) is 0 Å². The lowest BCUT2D eigenvalue weighted by Crippen LogP contribution is -2.52. The number of methoxy groups -OCH3 is 1. The van der Waals surface area contributed by atoms with Gasteiger partial charge in [0.15, 0.2) is 0 Å². The molecule has 0 aromatic heterocycles. The molecule has 2 amide bonds. The van der Waals surface area contributed by atoms with Gasteiger partial charge in [0.2, 0.25) is 11.8 Å². The van der Waals surface area contributed by atoms with Gasteiger partial charge >= 0.3 is 0 Å². The van der Waals surface area contributed by atoms with E-state index in [-0.39, 0.29) is 29.1 Å². The summed E-state index contributed by atoms with van der Waals surface area (Å²) in [4.78, 5) is 28.5. The Morgan fingerprint density at radius 3 is 2.27 bits per heavy atom. The van der Waals surface area contributed by atoms with Gasteiger partial charge in [0.05, 0.1) is 27.7 Å². The van der Waals surface area contributed by atoms with E-state index in [4.69, 9.17) is 27.9 Å². The number of rotatable bonds is 12. The smallest absolute Gasteiger partial charge is 0.264 e. The number of ether oxygens (including phenoxy) is 1. The third-order valence-electron chi connectivity index (χ3n) is 6.73. The average molecular weight is 621 g/mol. The molecule has 11 heteroatoms. The van der Waals surface area contributed by atoms with Crippen LogP contribution in [0, 0.1) is 6.92 Å². The van der Waals surface area contributed by atoms with Crippen molar-refractivity contribution < 1.29 is 22.7 Å². The summed E-state index contributed by atoms with van der Waals surface area (Å²) in [7, 11) is -2.72. The molecule has 0 aliphatic rings. The summed E-state index contributed by atoms with van der Waals surface area (Å²) in [5.74, 6) is -0.517. The van der Waals surface area contributed by atoms with Crippen molar-refractivity contribution in [2.75, 3.05) is 18.0 Å². The minimum Gasteiger partial charge on any atom is -0.497 e. The maximum Gasteiger partial charge on any atom is 0.264 e. The molecule has 0 aliphatic carbocycles. The molecule has 3 aromatic carbocycles. The molecular weight excluding hydrogens is 585 g/mol. The van der Waals surface area contributed by atoms with E-state index in [1.165, 1.54) is 24.1 Å². The molecule has 1 N–H and O–H groups in total. The molecule has 2 atom stereocenters. The van der Waals surface area contributed by atoms with Crippen LogP contribution in [0.4, 0.5) is 5.69 Å². The maximum atomic E-state index is 14.0. The SMILES string of the molecule is CC[C@H](C)NC(=O)[C@H](C)N(Cc1ccc(Cl)c(Cl)c1)C(=O)CN(c1cccc(OC)c1)S(=O)(=O)c1ccc(C)cc1. The summed E-state index contributed by atoms with van der Waals surface area (Å²) in [6.07, 6.45) is 0.706. The summed E-state index contributed by atoms with van der Waals surface area (Å²) in [5.41, 5.74) is 1.76. The zero-order chi connectivity index (χ0) is 30.3. The zero-order valence-corrected chi connectivity index (χ0v) is 26.1. The van der Waals surface area contributed by atoms with Gasteiger partial charge in [-0.2, -0.15) is 0 Å². The zero-order valence-electron chi connectivity index (χ0n) is 23.7. The topological polar surface area (TPSA) is 96.0 Å². The molecule has 0 unspecified atom stereocenters. The Morgan fingerprint density at radius 2 is 1.66 bits per heavy atom. The van der Waals surface area contributed by atoms with E-state index in [0.717, 1.165) is 9.87 Å². The van der Waals surface area contributed by atoms with E-state index < -0.39 is 28.5 Å². The van der Waals surface area contributed by atoms with Crippen molar-refractivity contribution in [3.8, 4) is 5.75 Å². The first-order valence-electron chi connectivity index (χ1n) is 13.1. The van der Waals surface area contributed by atoms with Crippen LogP contribution < -0.4 is 14.4 Å². The molecule has 3 rings (SSSR count). The van der Waals surface area contributed by atoms with Crippen molar-refractivity contribution in [1.29, 1.82) is 0 Å². The van der Waals surface area contributed by atoms with Gasteiger partial charge in [-0.1, -0.05) is 60.0 Å². The lowest BCUT2D eigenvalue weighted by molar-refractivity contribution is -0.139. The Morgan fingerprint density at radius 1 is 0.976 bits per heavy atom. The summed E-state index contributed by atoms with van der Waals surface area (Å²) in [6.45, 7) is 6.71. The van der Waals surface area contributed by atoms with Gasteiger partial charge in [-0.15, -0.1) is 0 Å². The van der Waals surface area contributed by atoms with Crippen LogP contribution in [0.15, 0.2) is 71.6 Å². The van der Waals surface area contributed by atoms with Gasteiger partial charge in [-0.25, -0.2) is 8.42 Å². The molecule has 3 aromatic rings. The Labute approximate surface area is 252 Å². The predicted octanol–water partition coefficient (Wildman–Crippen LogP) is 5.84. The van der Waals surface area contributed by atoms with Gasteiger partial charge in [-0.3, -0.25) is 13.9 Å². The van der Waals surface area contributed by atoms with Crippen LogP contribution in [0.5, 0.6) is 5.75 Å². The van der Waals surface area contributed by atoms with Crippen molar-refractivity contribution in [1.82, 2.24) is 10.2 Å². The third kappa shape index (κ3) is 8.15. The molecule has 0 radical (unpaired) electrons. The fraction of sp³-hybridized carbons (Fsp3) is 0.333. The van der Waals surface area contributed by atoms with Crippen molar-refractivity contribution in [3.05, 3.63) is 87.9 Å². The molecule has 0 saturated heterocycles. The van der Waals surface area contributed by atoms with Crippen LogP contribution >= 0.6 is 23.2 Å². The number of amides is 2. The normalized spacial score (nSPS) is 12.8. The van der Waals surface area contributed by atoms with Crippen molar-refractivity contribution in [2.45, 2.75) is 57.6 Å². The summed E-state index contributed by atoms with van der Waals surface area (Å²) in [5, 5.41) is 3.55. The summed E-state index contributed by atoms with van der Waals surface area (Å²) in [6, 6.07) is 16.7. The van der Waals surface area contributed by atoms with Crippen LogP contribution in [0.1, 0.15) is 38.3 Å². The monoisotopic (exact) mass is 619 g/mol. The number of nitrogens with one attached hydrogen (secondary N) is 1. The Hall–Kier alpha value is -3.27. The lowest BCUT2D eigenvalue weighted by Gasteiger charge is -2.32. The number of carbonyl (C=O) groups excluding carboxylic acids is 2. The first-order valence-corrected chi connectivity index (χ1v) is 15.3. The van der Waals surface area contributed by atoms with Crippen LogP contribution in [0.2, 0.25) is 10.0 Å². The summed E-state index contributed by atoms with van der Waals surface area (Å²) < 4.78 is 34.2. The number of nitrogens with zero attached hydrogens (tertiary/aromatic N) is 2. The van der Waals surface area contributed by atoms with Crippen molar-refractivity contribution >= 4 is 50.7 Å². The average Bonchev–Trinajstić information content (AvgIpc) is 2.95. The minimum atomic E-state index is -4.19. The number of anilines is 1. The molecule has 0 saturated carbocycles. The predicted molar refractivity (Wildman–Crippen MR) is 163 cm³/mol. The minimum absolute atomic E-state index is 0.00133. The van der Waals surface area contributed by atoms with Crippen LogP contribution in [-0.2, 0) is 26.2 Å². The van der Waals surface area contributed by atoms with Gasteiger partial charge in [0.25, 0.3) is 10.0 Å². The molecule has 0 aliphatic heterocycles. The summed E-state index contributed by atoms with van der Waals surface area (Å²) >= 11 is 12.3. The molecule has 0 bridgehead atoms. The highest BCUT2D eigenvalue weighted by Crippen LogP contribution is 2.28. The lowest BCUT2D eigenvalue weighted by atomic mass is 10.1. The first kappa shape index (κ1) is 32.2. The molecular formula is C30H35Cl2N3O5S. The standard InChI is InChI=1S/C30H35Cl2N3O5S/c1-6-21(3)33-30(37)22(4)34(18-23-12-15-27(31)28(32)16-23)29(36)19-35(24-8-7-9-25(17-24)40-5)41(38,39)26-13-10-20(2)11-14-26/h7-17,21-22H,6,18-19H2,1-5H3,(H,33,37)/t21-,22-/m0/s1. The molecule has 41 heavy (non-hydrogen) atoms. The second-order valence-electron chi connectivity index (χ2n) is 9.79. The van der Waals surface area contributed by atoms with E-state index in [0.29, 0.717) is 27.8 Å². The molecule has 220 valence electrons. The maximum absolute atomic E-state index is 14.0. The number of aryl methyl sites for hydroxylation is 1. The Bertz CT molecular complexity index is 1480. The third-order valence-corrected chi connectivity index (χ3v) is 9.26. The Balaban J connectivity index is 2.06. The van der Waals surface area contributed by atoms with Gasteiger partial charge < -0.3 is 15.0 Å². The fourth-order valence-corrected chi connectivity index (χ4v) is 5.74. The molecule has 0 spiro atoms. The molecule has 0 heterocycles. The number of halogens is 2. The van der Waals surface area contributed by atoms with Crippen molar-refractivity contribution in [2.24, 2.45) is 0 Å². The number of hydrogen-bond acceptors (Lipinski definition) is 5. The van der Waals surface area contributed by atoms with Gasteiger partial charge in [-0.05, 0) is 69.2 Å². The van der Waals surface area contributed by atoms with E-state index in [1.807, 2.05) is 20.8 Å². The van der Waals surface area contributed by atoms with Crippen molar-refractivity contribution in [3.63, 3.8) is 0 Å². The second-order valence-corrected chi connectivity index (χ2v) is 12.5. The van der Waals surface area contributed by atoms with Crippen LogP contribution in [0.25, 0.3) is 0 Å². The highest BCUT2D eigenvalue weighted by Gasteiger charge is 2.33. The number of carbonyl (C=O) groups is 2. The highest BCUT2D eigenvalue weighted by atomic mass is 35.5. The number of benzene rings is 3. The number of hydrogen-bond donors (Lipinski definition) is 1. The van der Waals surface area contributed by atoms with E-state index in [1.54, 1.807) is 61.5 Å². The second kappa shape index (κ2) is 14.1. The van der Waals surface area contributed by atoms with Gasteiger partial charge in [0.1, 0.15) is 18.3 Å².